The Kier molecular flexibility index (Phi) is 6.63. The summed E-state index contributed by atoms with van der Waals surface area (Å²) >= 11 is 6.21. The molecule has 214 valence electrons. The fourth-order valence-electron chi connectivity index (χ4n) is 6.15. The van der Waals surface area contributed by atoms with Gasteiger partial charge in [-0.25, -0.2) is 9.69 Å². The van der Waals surface area contributed by atoms with E-state index in [0.29, 0.717) is 28.4 Å². The number of nitrogens with one attached hydrogen (secondary N) is 2. The zero-order chi connectivity index (χ0) is 29.7. The summed E-state index contributed by atoms with van der Waals surface area (Å²) in [6.45, 7) is 0.278. The van der Waals surface area contributed by atoms with Crippen LogP contribution in [0.4, 0.5) is 10.5 Å². The molecule has 2 N–H and O–H groups in total. The van der Waals surface area contributed by atoms with E-state index in [1.54, 1.807) is 42.3 Å². The van der Waals surface area contributed by atoms with E-state index >= 15 is 0 Å². The lowest BCUT2D eigenvalue weighted by Gasteiger charge is -2.36. The van der Waals surface area contributed by atoms with Gasteiger partial charge in [0.05, 0.1) is 12.8 Å². The molecule has 0 aliphatic carbocycles. The molecule has 1 aromatic heterocycles. The van der Waals surface area contributed by atoms with Crippen molar-refractivity contribution in [3.05, 3.63) is 130 Å². The van der Waals surface area contributed by atoms with Crippen LogP contribution in [0.2, 0.25) is 5.02 Å². The lowest BCUT2D eigenvalue weighted by Crippen LogP contribution is -2.44. The summed E-state index contributed by atoms with van der Waals surface area (Å²) in [5.41, 5.74) is 5.33. The molecule has 4 amide bonds. The number of anilines is 1. The van der Waals surface area contributed by atoms with Gasteiger partial charge in [-0.2, -0.15) is 0 Å². The Morgan fingerprint density at radius 2 is 1.74 bits per heavy atom. The number of ether oxygens (including phenoxy) is 1. The van der Waals surface area contributed by atoms with Crippen LogP contribution >= 0.6 is 11.6 Å². The lowest BCUT2D eigenvalue weighted by atomic mass is 9.89. The fourth-order valence-corrected chi connectivity index (χ4v) is 6.35. The highest BCUT2D eigenvalue weighted by molar-refractivity contribution is 6.31. The maximum Gasteiger partial charge on any atom is 0.332 e. The molecule has 0 radical (unpaired) electrons. The smallest absolute Gasteiger partial charge is 0.332 e. The van der Waals surface area contributed by atoms with E-state index in [1.165, 1.54) is 4.90 Å². The van der Waals surface area contributed by atoms with E-state index in [0.717, 1.165) is 33.3 Å². The molecular weight excluding hydrogens is 564 g/mol. The minimum atomic E-state index is -0.686. The third-order valence-corrected chi connectivity index (χ3v) is 8.61. The number of benzene rings is 4. The molecule has 8 nitrogen and oxygen atoms in total. The summed E-state index contributed by atoms with van der Waals surface area (Å²) < 4.78 is 5.49. The van der Waals surface area contributed by atoms with E-state index in [9.17, 15) is 14.4 Å². The molecule has 2 aliphatic heterocycles. The molecule has 2 atom stereocenters. The Balaban J connectivity index is 1.20. The molecule has 2 aliphatic rings. The Morgan fingerprint density at radius 3 is 2.53 bits per heavy atom. The van der Waals surface area contributed by atoms with Crippen molar-refractivity contribution in [1.29, 1.82) is 0 Å². The second-order valence-corrected chi connectivity index (χ2v) is 11.1. The van der Waals surface area contributed by atoms with Crippen molar-refractivity contribution in [2.75, 3.05) is 12.0 Å². The van der Waals surface area contributed by atoms with Gasteiger partial charge in [-0.15, -0.1) is 0 Å². The Labute approximate surface area is 252 Å². The maximum atomic E-state index is 14.1. The number of H-pyrrole nitrogens is 1. The molecule has 0 saturated carbocycles. The molecule has 4 aromatic carbocycles. The summed E-state index contributed by atoms with van der Waals surface area (Å²) in [6.07, 6.45) is 0.392. The molecule has 0 bridgehead atoms. The molecule has 0 unspecified atom stereocenters. The molecule has 1 fully saturated rings. The maximum absolute atomic E-state index is 14.1. The normalized spacial score (nSPS) is 17.6. The zero-order valence-electron chi connectivity index (χ0n) is 23.2. The second-order valence-electron chi connectivity index (χ2n) is 10.6. The zero-order valence-corrected chi connectivity index (χ0v) is 24.0. The van der Waals surface area contributed by atoms with Gasteiger partial charge in [-0.1, -0.05) is 60.1 Å². The highest BCUT2D eigenvalue weighted by atomic mass is 35.5. The number of rotatable bonds is 6. The number of para-hydroxylation sites is 1. The number of imide groups is 1. The number of nitrogens with zero attached hydrogens (tertiary/aromatic N) is 2. The molecular formula is C34H27ClN4O4. The number of hydrogen-bond acceptors (Lipinski definition) is 4. The summed E-state index contributed by atoms with van der Waals surface area (Å²) in [5, 5.41) is 4.48. The largest absolute Gasteiger partial charge is 0.497 e. The molecule has 5 aromatic rings. The summed E-state index contributed by atoms with van der Waals surface area (Å²) in [6, 6.07) is 27.8. The van der Waals surface area contributed by atoms with Crippen molar-refractivity contribution in [3.8, 4) is 5.75 Å². The van der Waals surface area contributed by atoms with Crippen LogP contribution in [0.3, 0.4) is 0 Å². The molecule has 0 spiro atoms. The van der Waals surface area contributed by atoms with Gasteiger partial charge in [-0.3, -0.25) is 14.5 Å². The number of carbonyl (C=O) groups excluding carboxylic acids is 3. The average Bonchev–Trinajstić information content (AvgIpc) is 3.53. The number of aromatic amines is 1. The number of fused-ring (bicyclic) bond motifs is 4. The van der Waals surface area contributed by atoms with Crippen LogP contribution in [0.25, 0.3) is 10.9 Å². The Morgan fingerprint density at radius 1 is 0.977 bits per heavy atom. The molecule has 9 heteroatoms. The van der Waals surface area contributed by atoms with Crippen molar-refractivity contribution in [2.45, 2.75) is 25.0 Å². The minimum absolute atomic E-state index is 0.278. The first-order valence-corrected chi connectivity index (χ1v) is 14.3. The van der Waals surface area contributed by atoms with Gasteiger partial charge in [0, 0.05) is 40.1 Å². The average molecular weight is 591 g/mol. The molecule has 43 heavy (non-hydrogen) atoms. The number of methoxy groups -OCH3 is 1. The van der Waals surface area contributed by atoms with Gasteiger partial charge in [0.15, 0.2) is 0 Å². The Bertz CT molecular complexity index is 1900. The van der Waals surface area contributed by atoms with Gasteiger partial charge in [0.2, 0.25) is 0 Å². The summed E-state index contributed by atoms with van der Waals surface area (Å²) in [5.74, 6) is 0.0756. The van der Waals surface area contributed by atoms with Crippen LogP contribution < -0.4 is 15.0 Å². The highest BCUT2D eigenvalue weighted by Gasteiger charge is 2.53. The first-order valence-electron chi connectivity index (χ1n) is 14.0. The van der Waals surface area contributed by atoms with E-state index in [4.69, 9.17) is 16.3 Å². The third-order valence-electron chi connectivity index (χ3n) is 8.24. The van der Waals surface area contributed by atoms with Gasteiger partial charge in [0.25, 0.3) is 11.8 Å². The minimum Gasteiger partial charge on any atom is -0.497 e. The monoisotopic (exact) mass is 590 g/mol. The van der Waals surface area contributed by atoms with Gasteiger partial charge in [-0.05, 0) is 65.2 Å². The standard InChI is InChI=1S/C34H27ClN4O4/c1-43-24-9-6-8-21(17-24)31-30-26(25-10-3-5-12-28(25)37-30)18-29-33(41)38(34(42)39(29)31)23-15-13-20(14-16-23)32(40)36-19-22-7-2-4-11-27(22)35/h2-17,29,31,37H,18-19H2,1H3,(H,36,40)/t29-,31-/m0/s1. The van der Waals surface area contributed by atoms with E-state index in [-0.39, 0.29) is 18.4 Å². The number of carbonyl (C=O) groups is 3. The second kappa shape index (κ2) is 10.6. The predicted octanol–water partition coefficient (Wildman–Crippen LogP) is 6.24. The quantitative estimate of drug-likeness (QED) is 0.229. The summed E-state index contributed by atoms with van der Waals surface area (Å²) in [4.78, 5) is 47.3. The van der Waals surface area contributed by atoms with Crippen molar-refractivity contribution < 1.29 is 19.1 Å². The first-order chi connectivity index (χ1) is 20.9. The summed E-state index contributed by atoms with van der Waals surface area (Å²) in [7, 11) is 1.60. The van der Waals surface area contributed by atoms with E-state index < -0.39 is 18.1 Å². The van der Waals surface area contributed by atoms with Crippen LogP contribution in [-0.4, -0.2) is 40.9 Å². The van der Waals surface area contributed by atoms with Crippen molar-refractivity contribution >= 4 is 46.0 Å². The van der Waals surface area contributed by atoms with Crippen molar-refractivity contribution in [2.24, 2.45) is 0 Å². The van der Waals surface area contributed by atoms with Crippen LogP contribution in [0.5, 0.6) is 5.75 Å². The van der Waals surface area contributed by atoms with Crippen molar-refractivity contribution in [1.82, 2.24) is 15.2 Å². The van der Waals surface area contributed by atoms with E-state index in [2.05, 4.69) is 10.3 Å². The van der Waals surface area contributed by atoms with Gasteiger partial charge < -0.3 is 15.0 Å². The number of urea groups is 1. The number of hydrogen-bond donors (Lipinski definition) is 2. The van der Waals surface area contributed by atoms with Crippen LogP contribution in [0.15, 0.2) is 97.1 Å². The predicted molar refractivity (Wildman–Crippen MR) is 164 cm³/mol. The number of halogens is 1. The van der Waals surface area contributed by atoms with Gasteiger partial charge >= 0.3 is 6.03 Å². The first kappa shape index (κ1) is 26.8. The number of aromatic nitrogens is 1. The SMILES string of the molecule is COc1cccc([C@H]2c3[nH]c4ccccc4c3C[C@H]3C(=O)N(c4ccc(C(=O)NCc5ccccc5Cl)cc4)C(=O)N23)c1. The van der Waals surface area contributed by atoms with Crippen LogP contribution in [0, 0.1) is 0 Å². The van der Waals surface area contributed by atoms with E-state index in [1.807, 2.05) is 66.7 Å². The lowest BCUT2D eigenvalue weighted by molar-refractivity contribution is -0.120. The number of amides is 4. The molecule has 1 saturated heterocycles. The molecule has 7 rings (SSSR count). The Hall–Kier alpha value is -5.08. The highest BCUT2D eigenvalue weighted by Crippen LogP contribution is 2.45. The topological polar surface area (TPSA) is 94.7 Å². The van der Waals surface area contributed by atoms with Gasteiger partial charge in [0.1, 0.15) is 17.8 Å². The van der Waals surface area contributed by atoms with Crippen molar-refractivity contribution in [3.63, 3.8) is 0 Å². The van der Waals surface area contributed by atoms with Crippen LogP contribution in [-0.2, 0) is 17.8 Å². The third kappa shape index (κ3) is 4.51. The fraction of sp³-hybridized carbons (Fsp3) is 0.147. The molecule has 3 heterocycles. The van der Waals surface area contributed by atoms with Crippen LogP contribution in [0.1, 0.15) is 38.8 Å².